The molecule has 0 atom stereocenters. The fourth-order valence-corrected chi connectivity index (χ4v) is 0.255. The van der Waals surface area contributed by atoms with Gasteiger partial charge in [-0.05, 0) is 5.21 Å². The number of hydrazine groups is 1. The highest BCUT2D eigenvalue weighted by Crippen LogP contribution is 2.12. The quantitative estimate of drug-likeness (QED) is 0.111. The highest BCUT2D eigenvalue weighted by Gasteiger charge is 2.20. The Morgan fingerprint density at radius 3 is 2.50 bits per heavy atom. The first-order valence-corrected chi connectivity index (χ1v) is 2.52. The highest BCUT2D eigenvalue weighted by molar-refractivity contribution is 6.51. The van der Waals surface area contributed by atoms with Crippen molar-refractivity contribution in [3.05, 3.63) is 0 Å². The van der Waals surface area contributed by atoms with E-state index in [2.05, 4.69) is 5.10 Å². The normalized spacial score (nSPS) is 13.2. The summed E-state index contributed by atoms with van der Waals surface area (Å²) in [7, 11) is 10.4. The Morgan fingerprint density at radius 2 is 2.20 bits per heavy atom. The zero-order valence-corrected chi connectivity index (χ0v) is 5.41. The van der Waals surface area contributed by atoms with Gasteiger partial charge in [0.2, 0.25) is 0 Å². The van der Waals surface area contributed by atoms with E-state index in [9.17, 15) is 0 Å². The number of hydrogen-bond acceptors (Lipinski definition) is 4. The molecule has 0 aliphatic heterocycles. The van der Waals surface area contributed by atoms with Gasteiger partial charge in [-0.1, -0.05) is 0 Å². The van der Waals surface area contributed by atoms with E-state index in [0.29, 0.717) is 0 Å². The van der Waals surface area contributed by atoms with Gasteiger partial charge in [0.15, 0.2) is 0 Å². The molecule has 0 saturated carbocycles. The Kier molecular flexibility index (Phi) is 3.24. The van der Waals surface area contributed by atoms with E-state index in [0.717, 1.165) is 0 Å². The molecule has 5 nitrogen and oxygen atoms in total. The molecular weight excluding hydrogens is 130 g/mol. The van der Waals surface area contributed by atoms with Crippen LogP contribution in [0.1, 0.15) is 0 Å². The summed E-state index contributed by atoms with van der Waals surface area (Å²) in [6.45, 7) is -0.496. The molecule has 52 valence electrons. The van der Waals surface area contributed by atoms with E-state index < -0.39 is 11.8 Å². The van der Waals surface area contributed by atoms with Crippen LogP contribution in [0, 0.1) is 0 Å². The van der Waals surface area contributed by atoms with Crippen LogP contribution in [0.2, 0.25) is 5.21 Å². The molecule has 10 heavy (non-hydrogen) atoms. The maximum atomic E-state index is 8.51. The molecular formula is C3H8B2N4O. The molecule has 0 aliphatic rings. The molecule has 0 aromatic heterocycles. The van der Waals surface area contributed by atoms with Crippen LogP contribution in [0.25, 0.3) is 0 Å². The summed E-state index contributed by atoms with van der Waals surface area (Å²) in [4.78, 5) is 0. The van der Waals surface area contributed by atoms with Gasteiger partial charge in [0.1, 0.15) is 5.84 Å². The van der Waals surface area contributed by atoms with Gasteiger partial charge in [-0.15, -0.1) is 0 Å². The summed E-state index contributed by atoms with van der Waals surface area (Å²) < 4.78 is 0. The minimum Gasteiger partial charge on any atom is -0.397 e. The molecule has 0 saturated heterocycles. The summed E-state index contributed by atoms with van der Waals surface area (Å²) in [6.07, 6.45) is 0. The molecule has 7 heteroatoms. The van der Waals surface area contributed by atoms with Gasteiger partial charge in [-0.2, -0.15) is 5.10 Å². The molecule has 0 aliphatic carbocycles. The number of rotatable bonds is 3. The molecule has 6 N–H and O–H groups in total. The average molecular weight is 138 g/mol. The van der Waals surface area contributed by atoms with E-state index in [1.165, 1.54) is 0 Å². The standard InChI is InChI=1S/C3H8B2N4O/c4-3(5,1-10)2(6)8-9-7/h9-10H,1,7H2,(H2,6,8). The Hall–Kier alpha value is -0.680. The summed E-state index contributed by atoms with van der Waals surface area (Å²) in [5, 5.41) is 10.3. The molecule has 0 fully saturated rings. The lowest BCUT2D eigenvalue weighted by molar-refractivity contribution is 0.296. The van der Waals surface area contributed by atoms with Crippen LogP contribution >= 0.6 is 0 Å². The average Bonchev–Trinajstić information content (AvgIpc) is 1.89. The van der Waals surface area contributed by atoms with E-state index in [1.807, 2.05) is 5.53 Å². The van der Waals surface area contributed by atoms with Crippen LogP contribution in [0.3, 0.4) is 0 Å². The molecule has 0 rings (SSSR count). The number of hydrogen-bond donors (Lipinski definition) is 4. The number of aliphatic hydroxyl groups is 1. The number of amidine groups is 1. The Bertz CT molecular complexity index is 136. The van der Waals surface area contributed by atoms with Crippen molar-refractivity contribution in [2.75, 3.05) is 6.61 Å². The zero-order chi connectivity index (χ0) is 8.20. The number of nitrogens with zero attached hydrogens (tertiary/aromatic N) is 1. The van der Waals surface area contributed by atoms with Gasteiger partial charge in [0, 0.05) is 6.61 Å². The van der Waals surface area contributed by atoms with Crippen LogP contribution in [0.5, 0.6) is 0 Å². The monoisotopic (exact) mass is 138 g/mol. The van der Waals surface area contributed by atoms with Crippen LogP contribution in [0.4, 0.5) is 0 Å². The Balaban J connectivity index is 4.17. The molecule has 0 heterocycles. The predicted octanol–water partition coefficient (Wildman–Crippen LogP) is -2.83. The van der Waals surface area contributed by atoms with E-state index >= 15 is 0 Å². The summed E-state index contributed by atoms with van der Waals surface area (Å²) >= 11 is 0. The van der Waals surface area contributed by atoms with Crippen molar-refractivity contribution in [1.29, 1.82) is 0 Å². The third-order valence-corrected chi connectivity index (χ3v) is 0.924. The fourth-order valence-electron chi connectivity index (χ4n) is 0.255. The number of nitrogens with two attached hydrogens (primary N) is 2. The first-order chi connectivity index (χ1) is 4.54. The molecule has 0 spiro atoms. The number of aliphatic hydroxyl groups excluding tert-OH is 1. The lowest BCUT2D eigenvalue weighted by atomic mass is 9.54. The second-order valence-corrected chi connectivity index (χ2v) is 1.82. The topological polar surface area (TPSA) is 96.7 Å². The highest BCUT2D eigenvalue weighted by atomic mass is 16.3. The second kappa shape index (κ2) is 3.48. The van der Waals surface area contributed by atoms with Gasteiger partial charge >= 0.3 is 0 Å². The minimum absolute atomic E-state index is 0.155. The molecule has 0 aromatic carbocycles. The first kappa shape index (κ1) is 9.32. The third-order valence-electron chi connectivity index (χ3n) is 0.924. The van der Waals surface area contributed by atoms with E-state index in [1.54, 1.807) is 0 Å². The van der Waals surface area contributed by atoms with Gasteiger partial charge in [0.05, 0.1) is 15.7 Å². The van der Waals surface area contributed by atoms with Crippen molar-refractivity contribution < 1.29 is 5.11 Å². The molecule has 0 bridgehead atoms. The first-order valence-electron chi connectivity index (χ1n) is 2.52. The van der Waals surface area contributed by atoms with Gasteiger partial charge in [-0.3, -0.25) is 0 Å². The molecule has 4 radical (unpaired) electrons. The van der Waals surface area contributed by atoms with Crippen LogP contribution in [0.15, 0.2) is 5.10 Å². The van der Waals surface area contributed by atoms with E-state index in [4.69, 9.17) is 32.4 Å². The van der Waals surface area contributed by atoms with E-state index in [-0.39, 0.29) is 5.84 Å². The van der Waals surface area contributed by atoms with Gasteiger partial charge < -0.3 is 10.8 Å². The van der Waals surface area contributed by atoms with Crippen LogP contribution in [-0.2, 0) is 0 Å². The minimum atomic E-state index is -1.51. The summed E-state index contributed by atoms with van der Waals surface area (Å²) in [6, 6.07) is 0. The number of hydrazone groups is 1. The van der Waals surface area contributed by atoms with Crippen molar-refractivity contribution in [2.45, 2.75) is 5.21 Å². The lowest BCUT2D eigenvalue weighted by Crippen LogP contribution is -2.37. The molecule has 0 amide bonds. The maximum absolute atomic E-state index is 8.51. The van der Waals surface area contributed by atoms with Crippen LogP contribution in [-0.4, -0.2) is 33.2 Å². The van der Waals surface area contributed by atoms with Crippen molar-refractivity contribution in [3.63, 3.8) is 0 Å². The summed E-state index contributed by atoms with van der Waals surface area (Å²) in [5.74, 6) is 4.62. The Morgan fingerprint density at radius 1 is 1.70 bits per heavy atom. The van der Waals surface area contributed by atoms with Gasteiger partial charge in [0.25, 0.3) is 0 Å². The zero-order valence-electron chi connectivity index (χ0n) is 5.41. The fraction of sp³-hybridized carbons (Fsp3) is 0.667. The lowest BCUT2D eigenvalue weighted by Gasteiger charge is -2.20. The number of nitrogens with one attached hydrogen (secondary N) is 1. The largest absolute Gasteiger partial charge is 0.397 e. The third kappa shape index (κ3) is 2.28. The van der Waals surface area contributed by atoms with Crippen LogP contribution < -0.4 is 17.1 Å². The maximum Gasteiger partial charge on any atom is 0.112 e. The van der Waals surface area contributed by atoms with Crippen molar-refractivity contribution >= 4 is 21.5 Å². The SMILES string of the molecule is [B]C([B])(CO)/C(N)=N/NN. The van der Waals surface area contributed by atoms with Crippen molar-refractivity contribution in [3.8, 4) is 0 Å². The van der Waals surface area contributed by atoms with Crippen molar-refractivity contribution in [2.24, 2.45) is 16.7 Å². The summed E-state index contributed by atoms with van der Waals surface area (Å²) in [5.41, 5.74) is 7.07. The second-order valence-electron chi connectivity index (χ2n) is 1.82. The van der Waals surface area contributed by atoms with Crippen molar-refractivity contribution in [1.82, 2.24) is 5.53 Å². The van der Waals surface area contributed by atoms with Gasteiger partial charge in [-0.25, -0.2) is 11.4 Å². The molecule has 0 aromatic rings. The molecule has 0 unspecified atom stereocenters. The Labute approximate surface area is 61.6 Å². The smallest absolute Gasteiger partial charge is 0.112 e. The predicted molar refractivity (Wildman–Crippen MR) is 40.2 cm³/mol.